The number of hydrogen-bond donors (Lipinski definition) is 2. The van der Waals surface area contributed by atoms with Gasteiger partial charge in [0, 0.05) is 50.6 Å². The van der Waals surface area contributed by atoms with E-state index >= 15 is 0 Å². The third-order valence-electron chi connectivity index (χ3n) is 5.45. The second-order valence-corrected chi connectivity index (χ2v) is 7.33. The molecule has 0 spiro atoms. The van der Waals surface area contributed by atoms with E-state index in [9.17, 15) is 13.6 Å². The second-order valence-electron chi connectivity index (χ2n) is 7.33. The fourth-order valence-electron chi connectivity index (χ4n) is 3.80. The molecule has 1 heterocycles. The van der Waals surface area contributed by atoms with Crippen molar-refractivity contribution in [2.75, 3.05) is 26.7 Å². The van der Waals surface area contributed by atoms with E-state index in [-0.39, 0.29) is 23.4 Å². The van der Waals surface area contributed by atoms with Gasteiger partial charge in [0.2, 0.25) is 5.91 Å². The van der Waals surface area contributed by atoms with Gasteiger partial charge in [-0.25, -0.2) is 8.78 Å². The molecule has 0 bridgehead atoms. The Kier molecular flexibility index (Phi) is 6.29. The summed E-state index contributed by atoms with van der Waals surface area (Å²) in [4.78, 5) is 18.3. The summed E-state index contributed by atoms with van der Waals surface area (Å²) in [5.74, 6) is 0.174. The van der Waals surface area contributed by atoms with Crippen LogP contribution in [0.25, 0.3) is 0 Å². The van der Waals surface area contributed by atoms with Crippen molar-refractivity contribution in [3.63, 3.8) is 0 Å². The zero-order chi connectivity index (χ0) is 19.4. The Morgan fingerprint density at radius 2 is 1.93 bits per heavy atom. The zero-order valence-corrected chi connectivity index (χ0v) is 16.0. The van der Waals surface area contributed by atoms with Crippen LogP contribution in [0.1, 0.15) is 44.1 Å². The number of nitrogens with zero attached hydrogens (tertiary/aromatic N) is 2. The minimum absolute atomic E-state index is 0.00490. The van der Waals surface area contributed by atoms with E-state index in [2.05, 4.69) is 20.5 Å². The molecular formula is C20H28F2N4O. The molecule has 1 amide bonds. The Hall–Kier alpha value is -2.18. The maximum absolute atomic E-state index is 14.0. The lowest BCUT2D eigenvalue weighted by Crippen LogP contribution is -2.47. The van der Waals surface area contributed by atoms with Crippen LogP contribution in [0, 0.1) is 17.6 Å². The van der Waals surface area contributed by atoms with Crippen molar-refractivity contribution in [1.82, 2.24) is 15.5 Å². The van der Waals surface area contributed by atoms with E-state index in [1.807, 2.05) is 6.92 Å². The molecule has 0 aromatic heterocycles. The van der Waals surface area contributed by atoms with Crippen molar-refractivity contribution >= 4 is 11.9 Å². The van der Waals surface area contributed by atoms with Crippen LogP contribution in [0.15, 0.2) is 23.2 Å². The van der Waals surface area contributed by atoms with Gasteiger partial charge in [0.1, 0.15) is 11.6 Å². The normalized spacial score (nSPS) is 23.3. The summed E-state index contributed by atoms with van der Waals surface area (Å²) >= 11 is 0. The summed E-state index contributed by atoms with van der Waals surface area (Å²) in [6.45, 7) is 4.28. The molecule has 27 heavy (non-hydrogen) atoms. The van der Waals surface area contributed by atoms with Crippen LogP contribution >= 0.6 is 0 Å². The van der Waals surface area contributed by atoms with Crippen LogP contribution in [0.5, 0.6) is 0 Å². The van der Waals surface area contributed by atoms with E-state index in [0.717, 1.165) is 31.9 Å². The summed E-state index contributed by atoms with van der Waals surface area (Å²) in [6, 6.07) is 4.02. The summed E-state index contributed by atoms with van der Waals surface area (Å²) in [6.07, 6.45) is 3.14. The number of rotatable bonds is 5. The summed E-state index contributed by atoms with van der Waals surface area (Å²) in [5, 5.41) is 6.08. The molecule has 2 unspecified atom stereocenters. The Morgan fingerprint density at radius 1 is 1.26 bits per heavy atom. The van der Waals surface area contributed by atoms with E-state index in [1.54, 1.807) is 7.05 Å². The molecule has 7 heteroatoms. The molecule has 0 radical (unpaired) electrons. The van der Waals surface area contributed by atoms with Crippen molar-refractivity contribution in [2.45, 2.75) is 44.6 Å². The minimum Gasteiger partial charge on any atom is -0.359 e. The lowest BCUT2D eigenvalue weighted by molar-refractivity contribution is -0.121. The Morgan fingerprint density at radius 3 is 2.52 bits per heavy atom. The van der Waals surface area contributed by atoms with Gasteiger partial charge in [-0.1, -0.05) is 6.07 Å². The quantitative estimate of drug-likeness (QED) is 0.612. The van der Waals surface area contributed by atoms with Gasteiger partial charge < -0.3 is 15.5 Å². The highest BCUT2D eigenvalue weighted by molar-refractivity contribution is 5.81. The number of benzene rings is 1. The molecule has 2 N–H and O–H groups in total. The smallest absolute Gasteiger partial charge is 0.220 e. The average Bonchev–Trinajstić information content (AvgIpc) is 3.40. The minimum atomic E-state index is -0.478. The second kappa shape index (κ2) is 8.67. The highest BCUT2D eigenvalue weighted by Crippen LogP contribution is 2.43. The Labute approximate surface area is 159 Å². The molecule has 1 aliphatic heterocycles. The van der Waals surface area contributed by atoms with Gasteiger partial charge in [-0.05, 0) is 44.2 Å². The number of guanidine groups is 1. The first kappa shape index (κ1) is 19.6. The zero-order valence-electron chi connectivity index (χ0n) is 16.0. The molecular weight excluding hydrogens is 350 g/mol. The third kappa shape index (κ3) is 4.76. The van der Waals surface area contributed by atoms with Crippen molar-refractivity contribution in [3.8, 4) is 0 Å². The predicted octanol–water partition coefficient (Wildman–Crippen LogP) is 2.63. The third-order valence-corrected chi connectivity index (χ3v) is 5.45. The first-order valence-electron chi connectivity index (χ1n) is 9.73. The topological polar surface area (TPSA) is 56.7 Å². The van der Waals surface area contributed by atoms with Crippen molar-refractivity contribution in [2.24, 2.45) is 10.9 Å². The van der Waals surface area contributed by atoms with Gasteiger partial charge in [-0.2, -0.15) is 0 Å². The molecule has 1 aromatic carbocycles. The number of nitrogens with one attached hydrogen (secondary N) is 2. The Balaban J connectivity index is 1.57. The highest BCUT2D eigenvalue weighted by atomic mass is 19.1. The maximum Gasteiger partial charge on any atom is 0.220 e. The summed E-state index contributed by atoms with van der Waals surface area (Å²) < 4.78 is 28.0. The van der Waals surface area contributed by atoms with Gasteiger partial charge >= 0.3 is 0 Å². The molecule has 2 aliphatic rings. The molecule has 3 rings (SSSR count). The monoisotopic (exact) mass is 378 g/mol. The molecule has 2 atom stereocenters. The molecule has 1 saturated carbocycles. The fourth-order valence-corrected chi connectivity index (χ4v) is 3.80. The molecule has 2 fully saturated rings. The van der Waals surface area contributed by atoms with E-state index in [1.165, 1.54) is 18.2 Å². The van der Waals surface area contributed by atoms with Crippen LogP contribution in [-0.2, 0) is 4.79 Å². The molecule has 5 nitrogen and oxygen atoms in total. The first-order chi connectivity index (χ1) is 13.0. The SMILES string of the molecule is CCN=C(NC1CC1c1c(F)cccc1F)N1CCC(CC(=O)NC)CC1. The van der Waals surface area contributed by atoms with E-state index < -0.39 is 11.6 Å². The van der Waals surface area contributed by atoms with Crippen molar-refractivity contribution in [1.29, 1.82) is 0 Å². The number of carbonyl (C=O) groups is 1. The number of amides is 1. The van der Waals surface area contributed by atoms with Crippen LogP contribution in [0.4, 0.5) is 8.78 Å². The van der Waals surface area contributed by atoms with Gasteiger partial charge in [0.25, 0.3) is 0 Å². The lowest BCUT2D eigenvalue weighted by Gasteiger charge is -2.34. The Bertz CT molecular complexity index is 681. The summed E-state index contributed by atoms with van der Waals surface area (Å²) in [7, 11) is 1.66. The van der Waals surface area contributed by atoms with Gasteiger partial charge in [0.05, 0.1) is 0 Å². The predicted molar refractivity (Wildman–Crippen MR) is 102 cm³/mol. The highest BCUT2D eigenvalue weighted by Gasteiger charge is 2.43. The van der Waals surface area contributed by atoms with Crippen molar-refractivity contribution < 1.29 is 13.6 Å². The number of halogens is 2. The number of hydrogen-bond acceptors (Lipinski definition) is 2. The molecule has 1 aliphatic carbocycles. The molecule has 1 saturated heterocycles. The fraction of sp³-hybridized carbons (Fsp3) is 0.600. The van der Waals surface area contributed by atoms with Crippen LogP contribution in [-0.4, -0.2) is 49.5 Å². The van der Waals surface area contributed by atoms with Crippen molar-refractivity contribution in [3.05, 3.63) is 35.4 Å². The number of likely N-dealkylation sites (tertiary alicyclic amines) is 1. The number of piperidine rings is 1. The van der Waals surface area contributed by atoms with Crippen LogP contribution in [0.3, 0.4) is 0 Å². The van der Waals surface area contributed by atoms with Crippen LogP contribution < -0.4 is 10.6 Å². The average molecular weight is 378 g/mol. The molecule has 148 valence electrons. The van der Waals surface area contributed by atoms with Gasteiger partial charge in [-0.15, -0.1) is 0 Å². The van der Waals surface area contributed by atoms with Crippen LogP contribution in [0.2, 0.25) is 0 Å². The largest absolute Gasteiger partial charge is 0.359 e. The lowest BCUT2D eigenvalue weighted by atomic mass is 9.93. The first-order valence-corrected chi connectivity index (χ1v) is 9.73. The molecule has 1 aromatic rings. The van der Waals surface area contributed by atoms with Gasteiger partial charge in [-0.3, -0.25) is 9.79 Å². The van der Waals surface area contributed by atoms with Gasteiger partial charge in [0.15, 0.2) is 5.96 Å². The van der Waals surface area contributed by atoms with E-state index in [0.29, 0.717) is 25.3 Å². The number of aliphatic imine (C=N–C) groups is 1. The van der Waals surface area contributed by atoms with E-state index in [4.69, 9.17) is 0 Å². The standard InChI is InChI=1S/C20H28F2N4O/c1-3-24-20(26-9-7-13(8-10-26)11-18(27)23-2)25-17-12-14(17)19-15(21)5-4-6-16(19)22/h4-6,13-14,17H,3,7-12H2,1-2H3,(H,23,27)(H,24,25). The number of carbonyl (C=O) groups excluding carboxylic acids is 1. The summed E-state index contributed by atoms with van der Waals surface area (Å²) in [5.41, 5.74) is 0.176. The maximum atomic E-state index is 14.0.